The fourth-order valence-electron chi connectivity index (χ4n) is 4.59. The van der Waals surface area contributed by atoms with Crippen LogP contribution < -0.4 is 0 Å². The van der Waals surface area contributed by atoms with E-state index in [1.807, 2.05) is 0 Å². The van der Waals surface area contributed by atoms with Crippen molar-refractivity contribution >= 4 is 0 Å². The molecular weight excluding hydrogens is 565 g/mol. The molecule has 0 amide bonds. The Labute approximate surface area is 293 Å². The predicted molar refractivity (Wildman–Crippen MR) is 218 cm³/mol. The highest BCUT2D eigenvalue weighted by Crippen LogP contribution is 2.15. The maximum absolute atomic E-state index is 2.35. The van der Waals surface area contributed by atoms with Crippen molar-refractivity contribution in [3.05, 3.63) is 157 Å². The van der Waals surface area contributed by atoms with E-state index in [0.29, 0.717) is 0 Å². The van der Waals surface area contributed by atoms with Crippen LogP contribution in [0.15, 0.2) is 157 Å². The lowest BCUT2D eigenvalue weighted by Gasteiger charge is -2.05. The van der Waals surface area contributed by atoms with Gasteiger partial charge in [0.25, 0.3) is 0 Å². The first-order valence-electron chi connectivity index (χ1n) is 18.8. The highest BCUT2D eigenvalue weighted by Gasteiger charge is 1.95. The largest absolute Gasteiger partial charge is 0.0885 e. The zero-order valence-electron chi connectivity index (χ0n) is 30.7. The van der Waals surface area contributed by atoms with Crippen LogP contribution in [-0.2, 0) is 0 Å². The summed E-state index contributed by atoms with van der Waals surface area (Å²) < 4.78 is 0. The second-order valence-corrected chi connectivity index (χ2v) is 11.6. The van der Waals surface area contributed by atoms with E-state index in [4.69, 9.17) is 0 Å². The van der Waals surface area contributed by atoms with Gasteiger partial charge in [0.2, 0.25) is 0 Å². The number of unbranched alkanes of at least 4 members (excludes halogenated alkanes) is 2. The van der Waals surface area contributed by atoms with Crippen LogP contribution in [0.25, 0.3) is 0 Å². The molecule has 0 aliphatic carbocycles. The zero-order valence-corrected chi connectivity index (χ0v) is 30.7. The Morgan fingerprint density at radius 2 is 0.511 bits per heavy atom. The Bertz CT molecular complexity index is 969. The predicted octanol–water partition coefficient (Wildman–Crippen LogP) is 15.7. The summed E-state index contributed by atoms with van der Waals surface area (Å²) in [6, 6.07) is 0. The molecule has 0 fully saturated rings. The molecule has 0 aromatic rings. The zero-order chi connectivity index (χ0) is 34.0. The Morgan fingerprint density at radius 3 is 0.723 bits per heavy atom. The van der Waals surface area contributed by atoms with Crippen molar-refractivity contribution in [1.29, 1.82) is 0 Å². The first kappa shape index (κ1) is 43.6. The molecule has 0 heteroatoms. The van der Waals surface area contributed by atoms with E-state index < -0.39 is 0 Å². The van der Waals surface area contributed by atoms with Gasteiger partial charge in [0.1, 0.15) is 0 Å². The number of rotatable bonds is 30. The molecule has 47 heavy (non-hydrogen) atoms. The SMILES string of the molecule is CC=C(CCCC=CCC=CCC=CCC=CCC=CCC=CCC)CCCC=CCC=CCC=CCC=CCC=CCC=CCC. The van der Waals surface area contributed by atoms with Gasteiger partial charge in [-0.2, -0.15) is 0 Å². The van der Waals surface area contributed by atoms with E-state index in [0.717, 1.165) is 77.0 Å². The van der Waals surface area contributed by atoms with E-state index in [-0.39, 0.29) is 0 Å². The van der Waals surface area contributed by atoms with Crippen molar-refractivity contribution in [2.24, 2.45) is 0 Å². The lowest BCUT2D eigenvalue weighted by Crippen LogP contribution is -1.85. The van der Waals surface area contributed by atoms with Crippen LogP contribution in [0.2, 0.25) is 0 Å². The Kier molecular flexibility index (Phi) is 37.7. The number of hydrogen-bond acceptors (Lipinski definition) is 0. The molecule has 0 N–H and O–H groups in total. The van der Waals surface area contributed by atoms with Crippen LogP contribution in [0.5, 0.6) is 0 Å². The molecule has 0 spiro atoms. The summed E-state index contributed by atoms with van der Waals surface area (Å²) in [5.41, 5.74) is 1.61. The molecule has 0 rings (SSSR count). The topological polar surface area (TPSA) is 0 Å². The summed E-state index contributed by atoms with van der Waals surface area (Å²) in [7, 11) is 0. The van der Waals surface area contributed by atoms with Gasteiger partial charge in [0.05, 0.1) is 0 Å². The third-order valence-electron chi connectivity index (χ3n) is 7.34. The lowest BCUT2D eigenvalue weighted by molar-refractivity contribution is 0.744. The van der Waals surface area contributed by atoms with Crippen LogP contribution in [0.4, 0.5) is 0 Å². The summed E-state index contributed by atoms with van der Waals surface area (Å²) >= 11 is 0. The van der Waals surface area contributed by atoms with Crippen LogP contribution in [0, 0.1) is 0 Å². The van der Waals surface area contributed by atoms with E-state index in [1.165, 1.54) is 38.5 Å². The maximum atomic E-state index is 2.35. The van der Waals surface area contributed by atoms with Gasteiger partial charge in [-0.25, -0.2) is 0 Å². The number of hydrogen-bond donors (Lipinski definition) is 0. The van der Waals surface area contributed by atoms with Crippen LogP contribution >= 0.6 is 0 Å². The smallest absolute Gasteiger partial charge is 0.0169 e. The first-order valence-corrected chi connectivity index (χ1v) is 18.8. The van der Waals surface area contributed by atoms with E-state index in [1.54, 1.807) is 5.57 Å². The first-order chi connectivity index (χ1) is 23.3. The van der Waals surface area contributed by atoms with Gasteiger partial charge in [-0.05, 0) is 122 Å². The molecule has 0 radical (unpaired) electrons. The lowest BCUT2D eigenvalue weighted by atomic mass is 10.0. The summed E-state index contributed by atoms with van der Waals surface area (Å²) in [5, 5.41) is 0. The highest BCUT2D eigenvalue weighted by molar-refractivity contribution is 5.04. The quantitative estimate of drug-likeness (QED) is 0.0545. The monoisotopic (exact) mass is 635 g/mol. The minimum absolute atomic E-state index is 1.02. The van der Waals surface area contributed by atoms with Gasteiger partial charge >= 0.3 is 0 Å². The molecule has 0 saturated carbocycles. The summed E-state index contributed by atoms with van der Waals surface area (Å²) in [5.74, 6) is 0. The molecule has 0 aliphatic rings. The molecule has 0 nitrogen and oxygen atoms in total. The van der Waals surface area contributed by atoms with Gasteiger partial charge in [-0.3, -0.25) is 0 Å². The van der Waals surface area contributed by atoms with Gasteiger partial charge < -0.3 is 0 Å². The van der Waals surface area contributed by atoms with Crippen molar-refractivity contribution in [1.82, 2.24) is 0 Å². The molecule has 0 saturated heterocycles. The molecular formula is C47H70. The van der Waals surface area contributed by atoms with Crippen LogP contribution in [-0.4, -0.2) is 0 Å². The summed E-state index contributed by atoms with van der Waals surface area (Å²) in [6.07, 6.45) is 76.5. The highest BCUT2D eigenvalue weighted by atomic mass is 14.0. The third-order valence-corrected chi connectivity index (χ3v) is 7.34. The maximum Gasteiger partial charge on any atom is -0.0169 e. The summed E-state index contributed by atoms with van der Waals surface area (Å²) in [4.78, 5) is 0. The second kappa shape index (κ2) is 40.6. The van der Waals surface area contributed by atoms with Crippen LogP contribution in [0.1, 0.15) is 136 Å². The molecule has 0 unspecified atom stereocenters. The molecule has 0 aromatic carbocycles. The van der Waals surface area contributed by atoms with Crippen molar-refractivity contribution in [2.45, 2.75) is 136 Å². The van der Waals surface area contributed by atoms with Crippen LogP contribution in [0.3, 0.4) is 0 Å². The summed E-state index contributed by atoms with van der Waals surface area (Å²) in [6.45, 7) is 6.54. The van der Waals surface area contributed by atoms with E-state index in [9.17, 15) is 0 Å². The van der Waals surface area contributed by atoms with Gasteiger partial charge in [-0.1, -0.05) is 171 Å². The fourth-order valence-corrected chi connectivity index (χ4v) is 4.59. The Morgan fingerprint density at radius 1 is 0.298 bits per heavy atom. The molecule has 0 aromatic heterocycles. The van der Waals surface area contributed by atoms with Gasteiger partial charge in [0.15, 0.2) is 0 Å². The molecule has 0 aliphatic heterocycles. The molecule has 0 heterocycles. The van der Waals surface area contributed by atoms with Gasteiger partial charge in [0, 0.05) is 0 Å². The van der Waals surface area contributed by atoms with Gasteiger partial charge in [-0.15, -0.1) is 0 Å². The van der Waals surface area contributed by atoms with E-state index >= 15 is 0 Å². The molecule has 0 atom stereocenters. The minimum atomic E-state index is 1.02. The van der Waals surface area contributed by atoms with Crippen molar-refractivity contribution in [3.8, 4) is 0 Å². The van der Waals surface area contributed by atoms with Crippen molar-refractivity contribution in [3.63, 3.8) is 0 Å². The normalized spacial score (nSPS) is 13.5. The average molecular weight is 635 g/mol. The average Bonchev–Trinajstić information content (AvgIpc) is 3.09. The number of allylic oxidation sites excluding steroid dienone is 26. The minimum Gasteiger partial charge on any atom is -0.0885 e. The second-order valence-electron chi connectivity index (χ2n) is 11.6. The molecule has 258 valence electrons. The van der Waals surface area contributed by atoms with Crippen molar-refractivity contribution < 1.29 is 0 Å². The Hall–Kier alpha value is -3.38. The third kappa shape index (κ3) is 38.7. The Balaban J connectivity index is 3.72. The van der Waals surface area contributed by atoms with Crippen molar-refractivity contribution in [2.75, 3.05) is 0 Å². The molecule has 0 bridgehead atoms. The fraction of sp³-hybridized carbons (Fsp3) is 0.447. The van der Waals surface area contributed by atoms with E-state index in [2.05, 4.69) is 173 Å². The standard InChI is InChI=1S/C47H70/c1-4-7-9-11-13-15-17-19-21-23-25-27-29-31-33-35-37-39-41-43-45-47(6-3)46-44-42-40-38-36-34-32-30-28-26-24-22-20-18-16-14-12-10-8-5-2/h6-10,13-16,19-22,25-28,31-34,37-40H,4-5,11-12,17-18,23-24,29-30,35-36,41-46H2,1-3H3.